The van der Waals surface area contributed by atoms with Crippen molar-refractivity contribution in [3.8, 4) is 0 Å². The quantitative estimate of drug-likeness (QED) is 0.680. The smallest absolute Gasteiger partial charge is 0.255 e. The Morgan fingerprint density at radius 2 is 1.44 bits per heavy atom. The molecule has 3 aromatic rings. The largest absolute Gasteiger partial charge is 0.322 e. The molecular weight excluding hydrogens is 362 g/mol. The fourth-order valence-electron chi connectivity index (χ4n) is 2.71. The molecule has 3 rings (SSSR count). The third-order valence-electron chi connectivity index (χ3n) is 3.90. The van der Waals surface area contributed by atoms with Gasteiger partial charge in [0.05, 0.1) is 10.7 Å². The van der Waals surface area contributed by atoms with E-state index in [0.29, 0.717) is 21.8 Å². The molecule has 27 heavy (non-hydrogen) atoms. The molecule has 0 aliphatic rings. The topological polar surface area (TPSA) is 71.1 Å². The zero-order valence-electron chi connectivity index (χ0n) is 14.9. The Kier molecular flexibility index (Phi) is 5.52. The number of carbonyl (C=O) groups excluding carboxylic acids is 2. The lowest BCUT2D eigenvalue weighted by atomic mass is 10.1. The number of carbonyl (C=O) groups is 2. The van der Waals surface area contributed by atoms with Crippen LogP contribution in [0.15, 0.2) is 60.9 Å². The van der Waals surface area contributed by atoms with Crippen LogP contribution in [0.2, 0.25) is 5.02 Å². The summed E-state index contributed by atoms with van der Waals surface area (Å²) in [5, 5.41) is 5.94. The molecule has 2 aromatic carbocycles. The Bertz CT molecular complexity index is 983. The van der Waals surface area contributed by atoms with Crippen LogP contribution in [-0.2, 0) is 0 Å². The van der Waals surface area contributed by atoms with Gasteiger partial charge < -0.3 is 10.6 Å². The SMILES string of the molecule is Cc1cc(C)cc(NC(=O)c2ccc(Cl)c(NC(=O)c3ccncc3)c2)c1. The third kappa shape index (κ3) is 4.71. The molecule has 6 heteroatoms. The second-order valence-electron chi connectivity index (χ2n) is 6.22. The molecule has 2 N–H and O–H groups in total. The molecule has 0 aliphatic carbocycles. The Labute approximate surface area is 162 Å². The minimum atomic E-state index is -0.328. The zero-order chi connectivity index (χ0) is 19.4. The first kappa shape index (κ1) is 18.6. The predicted molar refractivity (Wildman–Crippen MR) is 108 cm³/mol. The maximum atomic E-state index is 12.6. The van der Waals surface area contributed by atoms with Crippen molar-refractivity contribution in [2.24, 2.45) is 0 Å². The number of halogens is 1. The summed E-state index contributed by atoms with van der Waals surface area (Å²) in [6.45, 7) is 3.94. The summed E-state index contributed by atoms with van der Waals surface area (Å²) in [5.41, 5.74) is 4.05. The van der Waals surface area contributed by atoms with Crippen molar-refractivity contribution < 1.29 is 9.59 Å². The van der Waals surface area contributed by atoms with Crippen LogP contribution in [0.4, 0.5) is 11.4 Å². The Morgan fingerprint density at radius 3 is 2.11 bits per heavy atom. The van der Waals surface area contributed by atoms with Crippen molar-refractivity contribution in [1.82, 2.24) is 4.98 Å². The second-order valence-corrected chi connectivity index (χ2v) is 6.62. The summed E-state index contributed by atoms with van der Waals surface area (Å²) in [4.78, 5) is 28.8. The molecule has 1 aromatic heterocycles. The van der Waals surface area contributed by atoms with E-state index in [9.17, 15) is 9.59 Å². The normalized spacial score (nSPS) is 10.3. The first-order valence-corrected chi connectivity index (χ1v) is 8.71. The van der Waals surface area contributed by atoms with Gasteiger partial charge in [-0.3, -0.25) is 14.6 Å². The van der Waals surface area contributed by atoms with Gasteiger partial charge in [-0.05, 0) is 67.4 Å². The van der Waals surface area contributed by atoms with Gasteiger partial charge in [0.1, 0.15) is 0 Å². The van der Waals surface area contributed by atoms with Gasteiger partial charge in [-0.15, -0.1) is 0 Å². The summed E-state index contributed by atoms with van der Waals surface area (Å²) in [7, 11) is 0. The maximum Gasteiger partial charge on any atom is 0.255 e. The highest BCUT2D eigenvalue weighted by atomic mass is 35.5. The third-order valence-corrected chi connectivity index (χ3v) is 4.23. The van der Waals surface area contributed by atoms with Gasteiger partial charge in [-0.1, -0.05) is 17.7 Å². The van der Waals surface area contributed by atoms with Crippen molar-refractivity contribution in [3.05, 3.63) is 88.2 Å². The number of rotatable bonds is 4. The van der Waals surface area contributed by atoms with Crippen molar-refractivity contribution in [2.45, 2.75) is 13.8 Å². The molecule has 0 atom stereocenters. The van der Waals surface area contributed by atoms with Crippen molar-refractivity contribution in [1.29, 1.82) is 0 Å². The number of aryl methyl sites for hydroxylation is 2. The lowest BCUT2D eigenvalue weighted by molar-refractivity contribution is 0.101. The van der Waals surface area contributed by atoms with E-state index in [0.717, 1.165) is 16.8 Å². The number of pyridine rings is 1. The van der Waals surface area contributed by atoms with E-state index in [1.54, 1.807) is 30.3 Å². The maximum absolute atomic E-state index is 12.6. The van der Waals surface area contributed by atoms with E-state index in [4.69, 9.17) is 11.6 Å². The molecule has 1 heterocycles. The number of aromatic nitrogens is 1. The lowest BCUT2D eigenvalue weighted by Crippen LogP contribution is -2.15. The van der Waals surface area contributed by atoms with Gasteiger partial charge in [0.15, 0.2) is 0 Å². The minimum absolute atomic E-state index is 0.281. The van der Waals surface area contributed by atoms with Gasteiger partial charge >= 0.3 is 0 Å². The van der Waals surface area contributed by atoms with Crippen LogP contribution < -0.4 is 10.6 Å². The average molecular weight is 380 g/mol. The summed E-state index contributed by atoms with van der Waals surface area (Å²) in [6.07, 6.45) is 3.06. The molecule has 0 saturated carbocycles. The Hall–Kier alpha value is -3.18. The fourth-order valence-corrected chi connectivity index (χ4v) is 2.87. The highest BCUT2D eigenvalue weighted by molar-refractivity contribution is 6.34. The molecular formula is C21H18ClN3O2. The van der Waals surface area contributed by atoms with Gasteiger partial charge in [0.2, 0.25) is 0 Å². The molecule has 0 radical (unpaired) electrons. The number of hydrogen-bond acceptors (Lipinski definition) is 3. The van der Waals surface area contributed by atoms with E-state index in [-0.39, 0.29) is 11.8 Å². The molecule has 136 valence electrons. The molecule has 0 unspecified atom stereocenters. The van der Waals surface area contributed by atoms with Gasteiger partial charge in [0.25, 0.3) is 11.8 Å². The Balaban J connectivity index is 1.80. The first-order chi connectivity index (χ1) is 12.9. The van der Waals surface area contributed by atoms with Crippen LogP contribution in [0.25, 0.3) is 0 Å². The van der Waals surface area contributed by atoms with E-state index in [2.05, 4.69) is 15.6 Å². The molecule has 0 spiro atoms. The van der Waals surface area contributed by atoms with Crippen LogP contribution >= 0.6 is 11.6 Å². The number of nitrogens with zero attached hydrogens (tertiary/aromatic N) is 1. The number of nitrogens with one attached hydrogen (secondary N) is 2. The van der Waals surface area contributed by atoms with Gasteiger partial charge in [-0.25, -0.2) is 0 Å². The molecule has 0 aliphatic heterocycles. The second kappa shape index (κ2) is 8.01. The zero-order valence-corrected chi connectivity index (χ0v) is 15.7. The van der Waals surface area contributed by atoms with Crippen molar-refractivity contribution in [3.63, 3.8) is 0 Å². The lowest BCUT2D eigenvalue weighted by Gasteiger charge is -2.11. The summed E-state index contributed by atoms with van der Waals surface area (Å²) < 4.78 is 0. The summed E-state index contributed by atoms with van der Waals surface area (Å²) in [6, 6.07) is 13.8. The van der Waals surface area contributed by atoms with Crippen LogP contribution in [0.1, 0.15) is 31.8 Å². The van der Waals surface area contributed by atoms with E-state index < -0.39 is 0 Å². The standard InChI is InChI=1S/C21H18ClN3O2/c1-13-9-14(2)11-17(10-13)24-21(27)16-3-4-18(22)19(12-16)25-20(26)15-5-7-23-8-6-15/h3-12H,1-2H3,(H,24,27)(H,25,26). The fraction of sp³-hybridized carbons (Fsp3) is 0.0952. The molecule has 5 nitrogen and oxygen atoms in total. The highest BCUT2D eigenvalue weighted by Gasteiger charge is 2.13. The van der Waals surface area contributed by atoms with Crippen molar-refractivity contribution >= 4 is 34.8 Å². The van der Waals surface area contributed by atoms with Gasteiger partial charge in [0, 0.05) is 29.2 Å². The van der Waals surface area contributed by atoms with Crippen LogP contribution in [-0.4, -0.2) is 16.8 Å². The van der Waals surface area contributed by atoms with Gasteiger partial charge in [-0.2, -0.15) is 0 Å². The molecule has 2 amide bonds. The Morgan fingerprint density at radius 1 is 0.815 bits per heavy atom. The molecule has 0 bridgehead atoms. The van der Waals surface area contributed by atoms with Crippen LogP contribution in [0.3, 0.4) is 0 Å². The first-order valence-electron chi connectivity index (χ1n) is 8.33. The predicted octanol–water partition coefficient (Wildman–Crippen LogP) is 4.86. The highest BCUT2D eigenvalue weighted by Crippen LogP contribution is 2.24. The van der Waals surface area contributed by atoms with E-state index in [1.165, 1.54) is 12.4 Å². The summed E-state index contributed by atoms with van der Waals surface area (Å²) >= 11 is 6.18. The molecule has 0 fully saturated rings. The van der Waals surface area contributed by atoms with E-state index in [1.807, 2.05) is 32.0 Å². The number of amides is 2. The number of anilines is 2. The number of benzene rings is 2. The van der Waals surface area contributed by atoms with E-state index >= 15 is 0 Å². The minimum Gasteiger partial charge on any atom is -0.322 e. The monoisotopic (exact) mass is 379 g/mol. The van der Waals surface area contributed by atoms with Crippen LogP contribution in [0.5, 0.6) is 0 Å². The summed E-state index contributed by atoms with van der Waals surface area (Å²) in [5.74, 6) is -0.609. The number of hydrogen-bond donors (Lipinski definition) is 2. The van der Waals surface area contributed by atoms with Crippen molar-refractivity contribution in [2.75, 3.05) is 10.6 Å². The molecule has 0 saturated heterocycles. The average Bonchev–Trinajstić information content (AvgIpc) is 2.63. The van der Waals surface area contributed by atoms with Crippen LogP contribution in [0, 0.1) is 13.8 Å².